The van der Waals surface area contributed by atoms with Crippen LogP contribution in [-0.2, 0) is 4.74 Å². The molecule has 2 saturated heterocycles. The number of nitrogens with one attached hydrogen (secondary N) is 1. The number of carbonyl (C=O) groups is 1. The lowest BCUT2D eigenvalue weighted by atomic mass is 9.91. The Hall–Kier alpha value is -1.50. The largest absolute Gasteiger partial charge is 0.389 e. The SMILES string of the molecule is CNC(=O)c1ccc(C2CCN([C@@H]3COC[C@@H]3O)CC2)nc1. The lowest BCUT2D eigenvalue weighted by Crippen LogP contribution is -2.46. The molecule has 1 aromatic rings. The summed E-state index contributed by atoms with van der Waals surface area (Å²) in [7, 11) is 1.62. The lowest BCUT2D eigenvalue weighted by molar-refractivity contribution is 0.0660. The number of rotatable bonds is 3. The smallest absolute Gasteiger partial charge is 0.252 e. The van der Waals surface area contributed by atoms with Gasteiger partial charge >= 0.3 is 0 Å². The van der Waals surface area contributed by atoms with Crippen LogP contribution >= 0.6 is 0 Å². The number of carbonyl (C=O) groups excluding carboxylic acids is 1. The van der Waals surface area contributed by atoms with Crippen molar-refractivity contribution in [2.45, 2.75) is 30.9 Å². The Bertz CT molecular complexity index is 512. The van der Waals surface area contributed by atoms with Gasteiger partial charge in [-0.05, 0) is 38.1 Å². The van der Waals surface area contributed by atoms with Gasteiger partial charge in [-0.3, -0.25) is 14.7 Å². The molecule has 2 fully saturated rings. The molecule has 0 bridgehead atoms. The molecule has 6 nitrogen and oxygen atoms in total. The zero-order valence-corrected chi connectivity index (χ0v) is 12.9. The van der Waals surface area contributed by atoms with Crippen LogP contribution in [0.3, 0.4) is 0 Å². The van der Waals surface area contributed by atoms with Crippen LogP contribution in [0.5, 0.6) is 0 Å². The van der Waals surface area contributed by atoms with E-state index < -0.39 is 0 Å². The van der Waals surface area contributed by atoms with E-state index in [4.69, 9.17) is 4.74 Å². The Labute approximate surface area is 130 Å². The van der Waals surface area contributed by atoms with E-state index in [0.717, 1.165) is 31.6 Å². The summed E-state index contributed by atoms with van der Waals surface area (Å²) in [5.74, 6) is 0.318. The highest BCUT2D eigenvalue weighted by Crippen LogP contribution is 2.29. The molecular formula is C16H23N3O3. The van der Waals surface area contributed by atoms with Crippen LogP contribution in [-0.4, -0.2) is 66.4 Å². The fourth-order valence-corrected chi connectivity index (χ4v) is 3.33. The third-order valence-corrected chi connectivity index (χ3v) is 4.71. The average Bonchev–Trinajstić information content (AvgIpc) is 3.00. The Morgan fingerprint density at radius 2 is 2.14 bits per heavy atom. The molecule has 2 aliphatic rings. The van der Waals surface area contributed by atoms with E-state index in [2.05, 4.69) is 15.2 Å². The Morgan fingerprint density at radius 1 is 1.36 bits per heavy atom. The summed E-state index contributed by atoms with van der Waals surface area (Å²) >= 11 is 0. The molecule has 1 amide bonds. The van der Waals surface area contributed by atoms with Gasteiger partial charge in [-0.15, -0.1) is 0 Å². The van der Waals surface area contributed by atoms with Gasteiger partial charge in [-0.1, -0.05) is 0 Å². The number of ether oxygens (including phenoxy) is 1. The predicted octanol–water partition coefficient (Wildman–Crippen LogP) is 0.380. The fraction of sp³-hybridized carbons (Fsp3) is 0.625. The Morgan fingerprint density at radius 3 is 2.68 bits per heavy atom. The molecule has 3 rings (SSSR count). The number of hydrogen-bond donors (Lipinski definition) is 2. The van der Waals surface area contributed by atoms with Crippen molar-refractivity contribution in [2.75, 3.05) is 33.4 Å². The fourth-order valence-electron chi connectivity index (χ4n) is 3.33. The van der Waals surface area contributed by atoms with Gasteiger partial charge in [0.2, 0.25) is 0 Å². The molecule has 22 heavy (non-hydrogen) atoms. The van der Waals surface area contributed by atoms with Gasteiger partial charge in [0.05, 0.1) is 30.9 Å². The van der Waals surface area contributed by atoms with E-state index in [9.17, 15) is 9.90 Å². The van der Waals surface area contributed by atoms with Gasteiger partial charge in [0.25, 0.3) is 5.91 Å². The van der Waals surface area contributed by atoms with Crippen molar-refractivity contribution in [3.05, 3.63) is 29.6 Å². The van der Waals surface area contributed by atoms with Gasteiger partial charge in [-0.25, -0.2) is 0 Å². The molecule has 0 saturated carbocycles. The van der Waals surface area contributed by atoms with Crippen LogP contribution in [0.1, 0.15) is 34.8 Å². The highest BCUT2D eigenvalue weighted by molar-refractivity contribution is 5.93. The number of piperidine rings is 1. The number of hydrogen-bond acceptors (Lipinski definition) is 5. The first kappa shape index (κ1) is 15.4. The number of pyridine rings is 1. The highest BCUT2D eigenvalue weighted by atomic mass is 16.5. The molecule has 0 unspecified atom stereocenters. The van der Waals surface area contributed by atoms with E-state index in [-0.39, 0.29) is 18.1 Å². The molecule has 0 aliphatic carbocycles. The normalized spacial score (nSPS) is 27.0. The summed E-state index contributed by atoms with van der Waals surface area (Å²) in [6.07, 6.45) is 3.33. The number of aromatic nitrogens is 1. The van der Waals surface area contributed by atoms with Crippen molar-refractivity contribution in [2.24, 2.45) is 0 Å². The molecule has 0 aromatic carbocycles. The number of nitrogens with zero attached hydrogens (tertiary/aromatic N) is 2. The van der Waals surface area contributed by atoms with Crippen LogP contribution in [0.2, 0.25) is 0 Å². The maximum absolute atomic E-state index is 11.5. The molecule has 3 heterocycles. The van der Waals surface area contributed by atoms with Crippen LogP contribution in [0.25, 0.3) is 0 Å². The number of aliphatic hydroxyl groups is 1. The summed E-state index contributed by atoms with van der Waals surface area (Å²) in [6.45, 7) is 2.99. The van der Waals surface area contributed by atoms with Gasteiger partial charge in [-0.2, -0.15) is 0 Å². The van der Waals surface area contributed by atoms with Crippen LogP contribution in [0.15, 0.2) is 18.3 Å². The third-order valence-electron chi connectivity index (χ3n) is 4.71. The summed E-state index contributed by atoms with van der Waals surface area (Å²) in [6, 6.07) is 3.94. The molecule has 6 heteroatoms. The van der Waals surface area contributed by atoms with E-state index >= 15 is 0 Å². The molecule has 1 aromatic heterocycles. The van der Waals surface area contributed by atoms with Crippen molar-refractivity contribution >= 4 is 5.91 Å². The predicted molar refractivity (Wildman–Crippen MR) is 81.8 cm³/mol. The third kappa shape index (κ3) is 3.14. The highest BCUT2D eigenvalue weighted by Gasteiger charge is 2.34. The number of amides is 1. The van der Waals surface area contributed by atoms with Gasteiger partial charge in [0.15, 0.2) is 0 Å². The standard InChI is InChI=1S/C16H23N3O3/c1-17-16(21)12-2-3-13(18-8-12)11-4-6-19(7-5-11)14-9-22-10-15(14)20/h2-3,8,11,14-15,20H,4-7,9-10H2,1H3,(H,17,21)/t14-,15+/m1/s1. The zero-order chi connectivity index (χ0) is 15.5. The van der Waals surface area contributed by atoms with Crippen LogP contribution in [0, 0.1) is 0 Å². The molecule has 0 radical (unpaired) electrons. The second-order valence-corrected chi connectivity index (χ2v) is 6.03. The van der Waals surface area contributed by atoms with Crippen LogP contribution in [0.4, 0.5) is 0 Å². The minimum Gasteiger partial charge on any atom is -0.389 e. The molecule has 2 N–H and O–H groups in total. The van der Waals surface area contributed by atoms with Crippen molar-refractivity contribution in [3.8, 4) is 0 Å². The quantitative estimate of drug-likeness (QED) is 0.844. The summed E-state index contributed by atoms with van der Waals surface area (Å²) in [4.78, 5) is 18.3. The summed E-state index contributed by atoms with van der Waals surface area (Å²) in [5, 5.41) is 12.5. The number of aliphatic hydroxyl groups excluding tert-OH is 1. The second-order valence-electron chi connectivity index (χ2n) is 6.03. The topological polar surface area (TPSA) is 74.7 Å². The zero-order valence-electron chi connectivity index (χ0n) is 12.9. The molecule has 2 atom stereocenters. The van der Waals surface area contributed by atoms with E-state index in [1.54, 1.807) is 13.2 Å². The molecule has 0 spiro atoms. The molecule has 2 aliphatic heterocycles. The van der Waals surface area contributed by atoms with Crippen molar-refractivity contribution in [3.63, 3.8) is 0 Å². The first-order valence-corrected chi connectivity index (χ1v) is 7.87. The average molecular weight is 305 g/mol. The lowest BCUT2D eigenvalue weighted by Gasteiger charge is -2.36. The van der Waals surface area contributed by atoms with Crippen molar-refractivity contribution < 1.29 is 14.6 Å². The maximum atomic E-state index is 11.5. The molecular weight excluding hydrogens is 282 g/mol. The minimum absolute atomic E-state index is 0.107. The Kier molecular flexibility index (Phi) is 4.71. The minimum atomic E-state index is -0.360. The monoisotopic (exact) mass is 305 g/mol. The van der Waals surface area contributed by atoms with Crippen molar-refractivity contribution in [1.29, 1.82) is 0 Å². The van der Waals surface area contributed by atoms with E-state index in [1.165, 1.54) is 0 Å². The van der Waals surface area contributed by atoms with Crippen LogP contribution < -0.4 is 5.32 Å². The van der Waals surface area contributed by atoms with Gasteiger partial charge < -0.3 is 15.2 Å². The van der Waals surface area contributed by atoms with E-state index in [1.807, 2.05) is 12.1 Å². The Balaban J connectivity index is 1.58. The van der Waals surface area contributed by atoms with Crippen molar-refractivity contribution in [1.82, 2.24) is 15.2 Å². The van der Waals surface area contributed by atoms with Gasteiger partial charge in [0, 0.05) is 24.9 Å². The van der Waals surface area contributed by atoms with Gasteiger partial charge in [0.1, 0.15) is 0 Å². The first-order chi connectivity index (χ1) is 10.7. The second kappa shape index (κ2) is 6.73. The summed E-state index contributed by atoms with van der Waals surface area (Å²) in [5.41, 5.74) is 1.64. The van der Waals surface area contributed by atoms with E-state index in [0.29, 0.717) is 24.7 Å². The number of likely N-dealkylation sites (tertiary alicyclic amines) is 1. The maximum Gasteiger partial charge on any atom is 0.252 e. The molecule has 120 valence electrons. The summed E-state index contributed by atoms with van der Waals surface area (Å²) < 4.78 is 5.34. The first-order valence-electron chi connectivity index (χ1n) is 7.87.